The Hall–Kier alpha value is -3.80. The first-order chi connectivity index (χ1) is 14.7. The van der Waals surface area contributed by atoms with Crippen LogP contribution in [-0.2, 0) is 11.3 Å². The second kappa shape index (κ2) is 9.13. The maximum atomic E-state index is 12.6. The normalized spacial score (nSPS) is 13.8. The van der Waals surface area contributed by atoms with Crippen molar-refractivity contribution in [2.45, 2.75) is 19.4 Å². The van der Waals surface area contributed by atoms with E-state index in [0.29, 0.717) is 62.8 Å². The number of anilines is 1. The van der Waals surface area contributed by atoms with Gasteiger partial charge in [0.15, 0.2) is 0 Å². The fraction of sp³-hybridized carbons (Fsp3) is 0.333. The Kier molecular flexibility index (Phi) is 5.94. The van der Waals surface area contributed by atoms with E-state index >= 15 is 0 Å². The zero-order valence-electron chi connectivity index (χ0n) is 16.6. The third kappa shape index (κ3) is 4.43. The third-order valence-corrected chi connectivity index (χ3v) is 5.07. The first-order valence-corrected chi connectivity index (χ1v) is 9.95. The van der Waals surface area contributed by atoms with Crippen LogP contribution in [-0.4, -0.2) is 62.2 Å². The van der Waals surface area contributed by atoms with Crippen LogP contribution in [0.25, 0.3) is 11.4 Å². The second-order valence-corrected chi connectivity index (χ2v) is 7.03. The highest BCUT2D eigenvalue weighted by molar-refractivity contribution is 5.76. The summed E-state index contributed by atoms with van der Waals surface area (Å²) in [6.45, 7) is 3.13. The minimum Gasteiger partial charge on any atom is -0.352 e. The fourth-order valence-corrected chi connectivity index (χ4v) is 3.47. The van der Waals surface area contributed by atoms with Crippen molar-refractivity contribution in [2.75, 3.05) is 31.1 Å². The minimum atomic E-state index is 0.125. The van der Waals surface area contributed by atoms with Gasteiger partial charge in [-0.05, 0) is 23.8 Å². The number of aryl methyl sites for hydroxylation is 1. The highest BCUT2D eigenvalue weighted by atomic mass is 16.2. The van der Waals surface area contributed by atoms with E-state index in [0.717, 1.165) is 5.56 Å². The van der Waals surface area contributed by atoms with Gasteiger partial charge in [0, 0.05) is 44.4 Å². The molecule has 1 fully saturated rings. The molecule has 1 saturated heterocycles. The van der Waals surface area contributed by atoms with E-state index in [-0.39, 0.29) is 5.91 Å². The van der Waals surface area contributed by atoms with Crippen molar-refractivity contribution in [3.05, 3.63) is 54.2 Å². The quantitative estimate of drug-likeness (QED) is 0.618. The van der Waals surface area contributed by atoms with E-state index in [2.05, 4.69) is 31.4 Å². The Morgan fingerprint density at radius 3 is 2.63 bits per heavy atom. The number of piperazine rings is 1. The van der Waals surface area contributed by atoms with E-state index in [4.69, 9.17) is 0 Å². The average Bonchev–Trinajstić information content (AvgIpc) is 3.28. The largest absolute Gasteiger partial charge is 0.352 e. The first kappa shape index (κ1) is 19.5. The smallest absolute Gasteiger partial charge is 0.222 e. The molecule has 3 aromatic rings. The Morgan fingerprint density at radius 1 is 1.07 bits per heavy atom. The molecule has 0 radical (unpaired) electrons. The Labute approximate surface area is 174 Å². The molecule has 0 unspecified atom stereocenters. The van der Waals surface area contributed by atoms with Gasteiger partial charge < -0.3 is 9.80 Å². The summed E-state index contributed by atoms with van der Waals surface area (Å²) in [7, 11) is 0. The number of pyridine rings is 1. The molecule has 0 N–H and O–H groups in total. The van der Waals surface area contributed by atoms with Crippen LogP contribution in [0.1, 0.15) is 18.4 Å². The predicted octanol–water partition coefficient (Wildman–Crippen LogP) is 1.74. The molecule has 3 heterocycles. The van der Waals surface area contributed by atoms with Gasteiger partial charge in [-0.15, -0.1) is 10.2 Å². The number of hydrogen-bond acceptors (Lipinski definition) is 7. The number of carbonyl (C=O) groups excluding carboxylic acids is 1. The second-order valence-electron chi connectivity index (χ2n) is 7.03. The van der Waals surface area contributed by atoms with Crippen LogP contribution in [0.2, 0.25) is 0 Å². The van der Waals surface area contributed by atoms with Gasteiger partial charge in [-0.25, -0.2) is 4.98 Å². The van der Waals surface area contributed by atoms with Crippen LogP contribution in [0, 0.1) is 11.3 Å². The molecule has 0 saturated carbocycles. The number of rotatable bonds is 6. The van der Waals surface area contributed by atoms with Crippen molar-refractivity contribution in [1.82, 2.24) is 30.1 Å². The lowest BCUT2D eigenvalue weighted by molar-refractivity contribution is -0.131. The molecule has 0 aliphatic carbocycles. The lowest BCUT2D eigenvalue weighted by atomic mass is 10.2. The van der Waals surface area contributed by atoms with Gasteiger partial charge >= 0.3 is 0 Å². The number of aromatic nitrogens is 5. The molecule has 1 aliphatic rings. The summed E-state index contributed by atoms with van der Waals surface area (Å²) in [5.74, 6) is 1.41. The molecular formula is C21H22N8O. The lowest BCUT2D eigenvalue weighted by Crippen LogP contribution is -2.49. The van der Waals surface area contributed by atoms with E-state index in [1.165, 1.54) is 4.80 Å². The number of benzene rings is 1. The molecule has 0 atom stereocenters. The summed E-state index contributed by atoms with van der Waals surface area (Å²) in [6, 6.07) is 15.4. The van der Waals surface area contributed by atoms with E-state index in [1.54, 1.807) is 18.3 Å². The molecule has 1 aromatic carbocycles. The van der Waals surface area contributed by atoms with Crippen molar-refractivity contribution < 1.29 is 4.79 Å². The topological polar surface area (TPSA) is 104 Å². The van der Waals surface area contributed by atoms with Crippen molar-refractivity contribution >= 4 is 11.7 Å². The van der Waals surface area contributed by atoms with Crippen LogP contribution in [0.4, 0.5) is 5.82 Å². The number of carbonyl (C=O) groups is 1. The predicted molar refractivity (Wildman–Crippen MR) is 110 cm³/mol. The maximum Gasteiger partial charge on any atom is 0.222 e. The molecule has 2 aromatic heterocycles. The van der Waals surface area contributed by atoms with Gasteiger partial charge in [-0.1, -0.05) is 30.3 Å². The minimum absolute atomic E-state index is 0.125. The van der Waals surface area contributed by atoms with Crippen LogP contribution >= 0.6 is 0 Å². The van der Waals surface area contributed by atoms with Gasteiger partial charge in [0.1, 0.15) is 11.9 Å². The Balaban J connectivity index is 1.24. The zero-order chi connectivity index (χ0) is 20.8. The summed E-state index contributed by atoms with van der Waals surface area (Å²) in [4.78, 5) is 22.4. The number of amides is 1. The number of tetrazole rings is 1. The summed E-state index contributed by atoms with van der Waals surface area (Å²) in [6.07, 6.45) is 2.78. The van der Waals surface area contributed by atoms with Gasteiger partial charge in [0.2, 0.25) is 11.7 Å². The van der Waals surface area contributed by atoms with Gasteiger partial charge in [-0.3, -0.25) is 4.79 Å². The standard InChI is InChI=1S/C21H22N8O/c22-16-18-8-4-10-23-21(18)28-14-12-27(13-15-28)19(30)9-5-11-29-25-20(24-26-29)17-6-2-1-3-7-17/h1-4,6-8,10H,5,9,11-15H2. The summed E-state index contributed by atoms with van der Waals surface area (Å²) >= 11 is 0. The van der Waals surface area contributed by atoms with Crippen LogP contribution in [0.15, 0.2) is 48.7 Å². The Bertz CT molecular complexity index is 1030. The van der Waals surface area contributed by atoms with Gasteiger partial charge in [0.25, 0.3) is 0 Å². The van der Waals surface area contributed by atoms with E-state index < -0.39 is 0 Å². The molecule has 152 valence electrons. The van der Waals surface area contributed by atoms with Crippen molar-refractivity contribution in [3.8, 4) is 17.5 Å². The maximum absolute atomic E-state index is 12.6. The first-order valence-electron chi connectivity index (χ1n) is 9.95. The Morgan fingerprint density at radius 2 is 1.87 bits per heavy atom. The molecule has 1 aliphatic heterocycles. The number of nitrogens with zero attached hydrogens (tertiary/aromatic N) is 8. The van der Waals surface area contributed by atoms with Gasteiger partial charge in [-0.2, -0.15) is 10.1 Å². The molecular weight excluding hydrogens is 380 g/mol. The molecule has 9 heteroatoms. The molecule has 0 spiro atoms. The molecule has 9 nitrogen and oxygen atoms in total. The highest BCUT2D eigenvalue weighted by Gasteiger charge is 2.23. The zero-order valence-corrected chi connectivity index (χ0v) is 16.6. The van der Waals surface area contributed by atoms with Gasteiger partial charge in [0.05, 0.1) is 12.1 Å². The monoisotopic (exact) mass is 402 g/mol. The molecule has 0 bridgehead atoms. The molecule has 30 heavy (non-hydrogen) atoms. The molecule has 4 rings (SSSR count). The number of nitriles is 1. The SMILES string of the molecule is N#Cc1cccnc1N1CCN(C(=O)CCCn2nnc(-c3ccccc3)n2)CC1. The summed E-state index contributed by atoms with van der Waals surface area (Å²) < 4.78 is 0. The van der Waals surface area contributed by atoms with E-state index in [9.17, 15) is 10.1 Å². The lowest BCUT2D eigenvalue weighted by Gasteiger charge is -2.35. The van der Waals surface area contributed by atoms with Crippen LogP contribution < -0.4 is 4.90 Å². The van der Waals surface area contributed by atoms with Crippen LogP contribution in [0.3, 0.4) is 0 Å². The van der Waals surface area contributed by atoms with E-state index in [1.807, 2.05) is 35.2 Å². The number of hydrogen-bond donors (Lipinski definition) is 0. The summed E-state index contributed by atoms with van der Waals surface area (Å²) in [5, 5.41) is 21.8. The summed E-state index contributed by atoms with van der Waals surface area (Å²) in [5.41, 5.74) is 1.48. The van der Waals surface area contributed by atoms with Crippen LogP contribution in [0.5, 0.6) is 0 Å². The van der Waals surface area contributed by atoms with Crippen molar-refractivity contribution in [3.63, 3.8) is 0 Å². The van der Waals surface area contributed by atoms with Crippen molar-refractivity contribution in [2.24, 2.45) is 0 Å². The fourth-order valence-electron chi connectivity index (χ4n) is 3.47. The highest BCUT2D eigenvalue weighted by Crippen LogP contribution is 2.18. The third-order valence-electron chi connectivity index (χ3n) is 5.07. The molecule has 1 amide bonds. The van der Waals surface area contributed by atoms with Crippen molar-refractivity contribution in [1.29, 1.82) is 5.26 Å². The average molecular weight is 402 g/mol.